The van der Waals surface area contributed by atoms with Crippen molar-refractivity contribution in [3.8, 4) is 23.0 Å². The zero-order chi connectivity index (χ0) is 22.8. The monoisotopic (exact) mass is 435 g/mol. The van der Waals surface area contributed by atoms with Gasteiger partial charge in [-0.1, -0.05) is 24.3 Å². The quantitative estimate of drug-likeness (QED) is 0.633. The number of para-hydroxylation sites is 2. The summed E-state index contributed by atoms with van der Waals surface area (Å²) in [6.07, 6.45) is 5.75. The van der Waals surface area contributed by atoms with E-state index >= 15 is 0 Å². The Labute approximate surface area is 189 Å². The number of hydrogen-bond acceptors (Lipinski definition) is 6. The van der Waals surface area contributed by atoms with Gasteiger partial charge in [-0.2, -0.15) is 0 Å². The molecule has 0 aliphatic carbocycles. The number of ether oxygens (including phenoxy) is 4. The van der Waals surface area contributed by atoms with Crippen LogP contribution < -0.4 is 18.9 Å². The summed E-state index contributed by atoms with van der Waals surface area (Å²) in [6.45, 7) is 0. The number of piperidine rings is 1. The van der Waals surface area contributed by atoms with E-state index in [1.54, 1.807) is 28.4 Å². The normalized spacial score (nSPS) is 23.0. The first-order chi connectivity index (χ1) is 15.5. The molecule has 0 aromatic heterocycles. The van der Waals surface area contributed by atoms with Crippen molar-refractivity contribution in [2.24, 2.45) is 0 Å². The molecule has 2 atom stereocenters. The number of likely N-dealkylation sites (N-methyl/N-ethyl adjacent to an activating group) is 1. The highest BCUT2D eigenvalue weighted by Gasteiger charge is 2.44. The van der Waals surface area contributed by atoms with Crippen LogP contribution in [-0.4, -0.2) is 58.3 Å². The smallest absolute Gasteiger partial charge is 0.188 e. The van der Waals surface area contributed by atoms with E-state index in [0.717, 1.165) is 35.1 Å². The SMILES string of the molecule is COc1cccc(C=C2C(=O)C(=Cc3cccc(OC)c3OC)C3CCC2N3C)c1OC. The number of nitrogens with zero attached hydrogens (tertiary/aromatic N) is 1. The highest BCUT2D eigenvalue weighted by Crippen LogP contribution is 2.43. The zero-order valence-electron chi connectivity index (χ0n) is 19.2. The fourth-order valence-corrected chi connectivity index (χ4v) is 4.87. The Balaban J connectivity index is 1.83. The van der Waals surface area contributed by atoms with E-state index in [0.29, 0.717) is 23.0 Å². The topological polar surface area (TPSA) is 57.2 Å². The molecule has 32 heavy (non-hydrogen) atoms. The lowest BCUT2D eigenvalue weighted by atomic mass is 9.88. The molecule has 0 N–H and O–H groups in total. The number of carbonyl (C=O) groups excluding carboxylic acids is 1. The van der Waals surface area contributed by atoms with Gasteiger partial charge in [-0.15, -0.1) is 0 Å². The molecule has 6 nitrogen and oxygen atoms in total. The second kappa shape index (κ2) is 9.09. The number of carbonyl (C=O) groups is 1. The molecule has 2 aliphatic rings. The van der Waals surface area contributed by atoms with Gasteiger partial charge in [0.05, 0.1) is 28.4 Å². The molecule has 2 bridgehead atoms. The van der Waals surface area contributed by atoms with Gasteiger partial charge < -0.3 is 18.9 Å². The van der Waals surface area contributed by atoms with Gasteiger partial charge in [-0.3, -0.25) is 9.69 Å². The number of rotatable bonds is 6. The van der Waals surface area contributed by atoms with Gasteiger partial charge in [0.25, 0.3) is 0 Å². The lowest BCUT2D eigenvalue weighted by molar-refractivity contribution is -0.114. The minimum absolute atomic E-state index is 0.0605. The first kappa shape index (κ1) is 22.0. The molecule has 0 radical (unpaired) electrons. The van der Waals surface area contributed by atoms with Crippen molar-refractivity contribution in [1.29, 1.82) is 0 Å². The maximum Gasteiger partial charge on any atom is 0.188 e. The highest BCUT2D eigenvalue weighted by atomic mass is 16.5. The Kier molecular flexibility index (Phi) is 6.24. The molecule has 2 aromatic rings. The van der Waals surface area contributed by atoms with Crippen molar-refractivity contribution in [2.45, 2.75) is 24.9 Å². The van der Waals surface area contributed by atoms with Crippen molar-refractivity contribution < 1.29 is 23.7 Å². The van der Waals surface area contributed by atoms with Crippen LogP contribution in [0.2, 0.25) is 0 Å². The van der Waals surface area contributed by atoms with Crippen LogP contribution in [0.4, 0.5) is 0 Å². The lowest BCUT2D eigenvalue weighted by Gasteiger charge is -2.34. The third-order valence-corrected chi connectivity index (χ3v) is 6.43. The van der Waals surface area contributed by atoms with E-state index in [-0.39, 0.29) is 17.9 Å². The van der Waals surface area contributed by atoms with Crippen LogP contribution in [0.5, 0.6) is 23.0 Å². The van der Waals surface area contributed by atoms with Crippen molar-refractivity contribution in [3.05, 3.63) is 58.7 Å². The van der Waals surface area contributed by atoms with Crippen LogP contribution in [-0.2, 0) is 4.79 Å². The number of fused-ring (bicyclic) bond motifs is 2. The van der Waals surface area contributed by atoms with E-state index in [1.165, 1.54) is 0 Å². The standard InChI is InChI=1S/C26H29NO5/c1-27-20-12-13-21(27)19(15-17-9-7-11-23(30-3)26(17)32-5)24(28)18(20)14-16-8-6-10-22(29-2)25(16)31-4/h6-11,14-15,20-21H,12-13H2,1-5H3. The van der Waals surface area contributed by atoms with E-state index in [1.807, 2.05) is 48.6 Å². The summed E-state index contributed by atoms with van der Waals surface area (Å²) in [5.74, 6) is 2.58. The van der Waals surface area contributed by atoms with Crippen LogP contribution >= 0.6 is 0 Å². The van der Waals surface area contributed by atoms with Crippen molar-refractivity contribution in [3.63, 3.8) is 0 Å². The summed E-state index contributed by atoms with van der Waals surface area (Å²) in [6, 6.07) is 11.5. The van der Waals surface area contributed by atoms with Gasteiger partial charge in [-0.05, 0) is 44.2 Å². The molecule has 2 heterocycles. The number of methoxy groups -OCH3 is 4. The molecule has 0 spiro atoms. The van der Waals surface area contributed by atoms with Gasteiger partial charge in [0.2, 0.25) is 0 Å². The van der Waals surface area contributed by atoms with E-state index in [2.05, 4.69) is 11.9 Å². The summed E-state index contributed by atoms with van der Waals surface area (Å²) in [4.78, 5) is 16.0. The molecule has 2 fully saturated rings. The fraction of sp³-hybridized carbons (Fsp3) is 0.346. The minimum Gasteiger partial charge on any atom is -0.493 e. The maximum absolute atomic E-state index is 13.7. The second-order valence-corrected chi connectivity index (χ2v) is 7.97. The van der Waals surface area contributed by atoms with E-state index in [4.69, 9.17) is 18.9 Å². The summed E-state index contributed by atoms with van der Waals surface area (Å²) >= 11 is 0. The molecule has 2 aliphatic heterocycles. The Morgan fingerprint density at radius 1 is 0.750 bits per heavy atom. The molecule has 4 rings (SSSR count). The molecule has 2 saturated heterocycles. The third-order valence-electron chi connectivity index (χ3n) is 6.43. The average Bonchev–Trinajstić information content (AvgIpc) is 3.13. The Bertz CT molecular complexity index is 1000. The van der Waals surface area contributed by atoms with Crippen LogP contribution in [0.1, 0.15) is 24.0 Å². The Morgan fingerprint density at radius 3 is 1.56 bits per heavy atom. The van der Waals surface area contributed by atoms with Crippen LogP contribution in [0, 0.1) is 0 Å². The summed E-state index contributed by atoms with van der Waals surface area (Å²) in [5.41, 5.74) is 3.18. The molecule has 0 saturated carbocycles. The molecule has 2 aromatic carbocycles. The van der Waals surface area contributed by atoms with Gasteiger partial charge in [0.15, 0.2) is 28.8 Å². The van der Waals surface area contributed by atoms with Gasteiger partial charge in [0.1, 0.15) is 0 Å². The summed E-state index contributed by atoms with van der Waals surface area (Å²) < 4.78 is 22.1. The largest absolute Gasteiger partial charge is 0.493 e. The molecular weight excluding hydrogens is 406 g/mol. The first-order valence-corrected chi connectivity index (χ1v) is 10.7. The van der Waals surface area contributed by atoms with Crippen LogP contribution in [0.3, 0.4) is 0 Å². The average molecular weight is 436 g/mol. The van der Waals surface area contributed by atoms with E-state index < -0.39 is 0 Å². The number of Topliss-reactive ketones (excluding diaryl/α,β-unsaturated/α-hetero) is 1. The van der Waals surface area contributed by atoms with Crippen molar-refractivity contribution >= 4 is 17.9 Å². The van der Waals surface area contributed by atoms with Gasteiger partial charge >= 0.3 is 0 Å². The fourth-order valence-electron chi connectivity index (χ4n) is 4.87. The number of hydrogen-bond donors (Lipinski definition) is 0. The highest BCUT2D eigenvalue weighted by molar-refractivity contribution is 6.16. The first-order valence-electron chi connectivity index (χ1n) is 10.7. The molecule has 0 amide bonds. The third kappa shape index (κ3) is 3.65. The Hall–Kier alpha value is -3.25. The number of benzene rings is 2. The number of ketones is 1. The van der Waals surface area contributed by atoms with Gasteiger partial charge in [-0.25, -0.2) is 0 Å². The molecule has 168 valence electrons. The van der Waals surface area contributed by atoms with Crippen molar-refractivity contribution in [1.82, 2.24) is 4.90 Å². The maximum atomic E-state index is 13.7. The minimum atomic E-state index is 0.0605. The molecular formula is C26H29NO5. The predicted octanol–water partition coefficient (Wildman–Crippen LogP) is 4.23. The Morgan fingerprint density at radius 2 is 1.19 bits per heavy atom. The van der Waals surface area contributed by atoms with Gasteiger partial charge in [0, 0.05) is 34.4 Å². The van der Waals surface area contributed by atoms with Crippen LogP contribution in [0.25, 0.3) is 12.2 Å². The molecule has 2 unspecified atom stereocenters. The molecule has 6 heteroatoms. The summed E-state index contributed by atoms with van der Waals surface area (Å²) in [7, 11) is 8.53. The predicted molar refractivity (Wildman–Crippen MR) is 125 cm³/mol. The van der Waals surface area contributed by atoms with Crippen LogP contribution in [0.15, 0.2) is 47.5 Å². The second-order valence-electron chi connectivity index (χ2n) is 7.97. The van der Waals surface area contributed by atoms with E-state index in [9.17, 15) is 4.79 Å². The zero-order valence-corrected chi connectivity index (χ0v) is 19.2. The summed E-state index contributed by atoms with van der Waals surface area (Å²) in [5, 5.41) is 0. The van der Waals surface area contributed by atoms with Crippen molar-refractivity contribution in [2.75, 3.05) is 35.5 Å². The lowest BCUT2D eigenvalue weighted by Crippen LogP contribution is -2.43.